The Morgan fingerprint density at radius 2 is 1.83 bits per heavy atom. The minimum Gasteiger partial charge on any atom is -0.489 e. The number of urea groups is 1. The molecule has 6 nitrogen and oxygen atoms in total. The lowest BCUT2D eigenvalue weighted by atomic mass is 9.94. The SMILES string of the molecule is CC1=C(C(=O)OC(C)C)C(c2ccccc2OCc2ccc(Cl)cc2)NC(=O)N1. The summed E-state index contributed by atoms with van der Waals surface area (Å²) >= 11 is 5.93. The molecule has 1 aliphatic rings. The maximum Gasteiger partial charge on any atom is 0.338 e. The van der Waals surface area contributed by atoms with Crippen LogP contribution in [0.25, 0.3) is 0 Å². The van der Waals surface area contributed by atoms with Crippen LogP contribution in [-0.2, 0) is 16.1 Å². The van der Waals surface area contributed by atoms with Crippen LogP contribution in [0.4, 0.5) is 4.79 Å². The van der Waals surface area contributed by atoms with Gasteiger partial charge in [0.15, 0.2) is 0 Å². The van der Waals surface area contributed by atoms with Crippen molar-refractivity contribution in [1.82, 2.24) is 10.6 Å². The summed E-state index contributed by atoms with van der Waals surface area (Å²) in [4.78, 5) is 24.8. The lowest BCUT2D eigenvalue weighted by molar-refractivity contribution is -0.143. The standard InChI is InChI=1S/C22H23ClN2O4/c1-13(2)29-21(26)19-14(3)24-22(27)25-20(19)17-6-4-5-7-18(17)28-12-15-8-10-16(23)11-9-15/h4-11,13,20H,12H2,1-3H3,(H2,24,25,27). The minimum atomic E-state index is -0.684. The van der Waals surface area contributed by atoms with E-state index in [9.17, 15) is 9.59 Å². The van der Waals surface area contributed by atoms with Crippen molar-refractivity contribution < 1.29 is 19.1 Å². The molecule has 0 saturated heterocycles. The predicted molar refractivity (Wildman–Crippen MR) is 111 cm³/mol. The molecule has 2 N–H and O–H groups in total. The smallest absolute Gasteiger partial charge is 0.338 e. The van der Waals surface area contributed by atoms with Crippen LogP contribution in [0.3, 0.4) is 0 Å². The van der Waals surface area contributed by atoms with Crippen LogP contribution < -0.4 is 15.4 Å². The zero-order valence-corrected chi connectivity index (χ0v) is 17.2. The largest absolute Gasteiger partial charge is 0.489 e. The highest BCUT2D eigenvalue weighted by molar-refractivity contribution is 6.30. The topological polar surface area (TPSA) is 76.7 Å². The Morgan fingerprint density at radius 3 is 2.52 bits per heavy atom. The van der Waals surface area contributed by atoms with Crippen LogP contribution in [-0.4, -0.2) is 18.1 Å². The first-order valence-electron chi connectivity index (χ1n) is 9.30. The van der Waals surface area contributed by atoms with E-state index < -0.39 is 12.0 Å². The van der Waals surface area contributed by atoms with Gasteiger partial charge < -0.3 is 20.1 Å². The van der Waals surface area contributed by atoms with Crippen LogP contribution in [0.5, 0.6) is 5.75 Å². The van der Waals surface area contributed by atoms with Crippen molar-refractivity contribution in [1.29, 1.82) is 0 Å². The average Bonchev–Trinajstić information content (AvgIpc) is 2.66. The molecule has 1 aliphatic heterocycles. The lowest BCUT2D eigenvalue weighted by Crippen LogP contribution is -2.45. The van der Waals surface area contributed by atoms with Gasteiger partial charge in [0.25, 0.3) is 0 Å². The van der Waals surface area contributed by atoms with E-state index in [0.29, 0.717) is 34.2 Å². The van der Waals surface area contributed by atoms with Crippen molar-refractivity contribution >= 4 is 23.6 Å². The van der Waals surface area contributed by atoms with Crippen molar-refractivity contribution in [2.24, 2.45) is 0 Å². The fraction of sp³-hybridized carbons (Fsp3) is 0.273. The summed E-state index contributed by atoms with van der Waals surface area (Å²) in [5.74, 6) is 0.0831. The highest BCUT2D eigenvalue weighted by Gasteiger charge is 2.34. The summed E-state index contributed by atoms with van der Waals surface area (Å²) in [7, 11) is 0. The molecule has 2 aromatic carbocycles. The van der Waals surface area contributed by atoms with Gasteiger partial charge >= 0.3 is 12.0 Å². The molecule has 2 aromatic rings. The number of allylic oxidation sites excluding steroid dienone is 1. The highest BCUT2D eigenvalue weighted by Crippen LogP contribution is 2.34. The quantitative estimate of drug-likeness (QED) is 0.682. The first-order chi connectivity index (χ1) is 13.8. The monoisotopic (exact) mass is 414 g/mol. The van der Waals surface area contributed by atoms with Crippen molar-refractivity contribution in [3.05, 3.63) is 76.0 Å². The summed E-state index contributed by atoms with van der Waals surface area (Å²) in [5, 5.41) is 6.10. The highest BCUT2D eigenvalue weighted by atomic mass is 35.5. The van der Waals surface area contributed by atoms with Gasteiger partial charge in [-0.2, -0.15) is 0 Å². The maximum absolute atomic E-state index is 12.7. The number of halogens is 1. The van der Waals surface area contributed by atoms with Crippen molar-refractivity contribution in [3.8, 4) is 5.75 Å². The summed E-state index contributed by atoms with van der Waals surface area (Å²) < 4.78 is 11.4. The van der Waals surface area contributed by atoms with Crippen molar-refractivity contribution in [2.45, 2.75) is 39.5 Å². The first-order valence-corrected chi connectivity index (χ1v) is 9.68. The Kier molecular flexibility index (Phi) is 6.44. The molecule has 7 heteroatoms. The van der Waals surface area contributed by atoms with Gasteiger partial charge in [-0.15, -0.1) is 0 Å². The molecule has 0 saturated carbocycles. The molecule has 0 bridgehead atoms. The van der Waals surface area contributed by atoms with Gasteiger partial charge in [0.1, 0.15) is 12.4 Å². The molecule has 1 unspecified atom stereocenters. The molecule has 3 rings (SSSR count). The summed E-state index contributed by atoms with van der Waals surface area (Å²) in [5.41, 5.74) is 2.42. The van der Waals surface area contributed by atoms with Gasteiger partial charge in [-0.05, 0) is 44.5 Å². The van der Waals surface area contributed by atoms with Crippen molar-refractivity contribution in [3.63, 3.8) is 0 Å². The van der Waals surface area contributed by atoms with E-state index in [2.05, 4.69) is 10.6 Å². The second kappa shape index (κ2) is 9.01. The van der Waals surface area contributed by atoms with Gasteiger partial charge in [-0.25, -0.2) is 9.59 Å². The number of benzene rings is 2. The Morgan fingerprint density at radius 1 is 1.14 bits per heavy atom. The molecule has 152 valence electrons. The van der Waals surface area contributed by atoms with Crippen LogP contribution >= 0.6 is 11.6 Å². The second-order valence-electron chi connectivity index (χ2n) is 6.98. The number of rotatable bonds is 6. The molecule has 0 fully saturated rings. The van der Waals surface area contributed by atoms with E-state index in [1.807, 2.05) is 30.3 Å². The fourth-order valence-corrected chi connectivity index (χ4v) is 3.19. The van der Waals surface area contributed by atoms with Gasteiger partial charge in [-0.3, -0.25) is 0 Å². The van der Waals surface area contributed by atoms with E-state index in [4.69, 9.17) is 21.1 Å². The third kappa shape index (κ3) is 5.09. The normalized spacial score (nSPS) is 16.3. The Hall–Kier alpha value is -2.99. The lowest BCUT2D eigenvalue weighted by Gasteiger charge is -2.29. The molecule has 2 amide bonds. The molecular weight excluding hydrogens is 392 g/mol. The van der Waals surface area contributed by atoms with Crippen LogP contribution in [0.15, 0.2) is 59.8 Å². The van der Waals surface area contributed by atoms with Gasteiger partial charge in [-0.1, -0.05) is 41.9 Å². The Bertz CT molecular complexity index is 938. The molecule has 0 aliphatic carbocycles. The average molecular weight is 415 g/mol. The second-order valence-corrected chi connectivity index (χ2v) is 7.41. The van der Waals surface area contributed by atoms with Crippen LogP contribution in [0.2, 0.25) is 5.02 Å². The number of ether oxygens (including phenoxy) is 2. The van der Waals surface area contributed by atoms with E-state index in [0.717, 1.165) is 5.56 Å². The van der Waals surface area contributed by atoms with Crippen LogP contribution in [0.1, 0.15) is 37.9 Å². The van der Waals surface area contributed by atoms with Gasteiger partial charge in [0.2, 0.25) is 0 Å². The van der Waals surface area contributed by atoms with E-state index >= 15 is 0 Å². The third-order valence-electron chi connectivity index (χ3n) is 4.37. The number of amides is 2. The first kappa shape index (κ1) is 20.7. The Balaban J connectivity index is 1.91. The number of carbonyl (C=O) groups is 2. The van der Waals surface area contributed by atoms with Gasteiger partial charge in [0, 0.05) is 16.3 Å². The predicted octanol–water partition coefficient (Wildman–Crippen LogP) is 4.50. The molecule has 0 spiro atoms. The number of esters is 1. The number of hydrogen-bond acceptors (Lipinski definition) is 4. The maximum atomic E-state index is 12.7. The molecule has 29 heavy (non-hydrogen) atoms. The van der Waals surface area contributed by atoms with E-state index in [1.165, 1.54) is 0 Å². The molecule has 0 aromatic heterocycles. The summed E-state index contributed by atoms with van der Waals surface area (Å²) in [6.45, 7) is 5.56. The summed E-state index contributed by atoms with van der Waals surface area (Å²) in [6.07, 6.45) is -0.280. The molecule has 1 heterocycles. The minimum absolute atomic E-state index is 0.280. The zero-order valence-electron chi connectivity index (χ0n) is 16.5. The summed E-state index contributed by atoms with van der Waals surface area (Å²) in [6, 6.07) is 13.6. The Labute approximate surface area is 174 Å². The van der Waals surface area contributed by atoms with E-state index in [1.54, 1.807) is 39.0 Å². The van der Waals surface area contributed by atoms with Gasteiger partial charge in [0.05, 0.1) is 17.7 Å². The third-order valence-corrected chi connectivity index (χ3v) is 4.62. The molecule has 1 atom stereocenters. The number of carbonyl (C=O) groups excluding carboxylic acids is 2. The van der Waals surface area contributed by atoms with Crippen LogP contribution in [0, 0.1) is 0 Å². The molecular formula is C22H23ClN2O4. The number of nitrogens with one attached hydrogen (secondary N) is 2. The number of hydrogen-bond donors (Lipinski definition) is 2. The number of para-hydroxylation sites is 1. The van der Waals surface area contributed by atoms with Crippen molar-refractivity contribution in [2.75, 3.05) is 0 Å². The molecule has 0 radical (unpaired) electrons. The fourth-order valence-electron chi connectivity index (χ4n) is 3.07. The van der Waals surface area contributed by atoms with E-state index in [-0.39, 0.29) is 12.1 Å². The zero-order chi connectivity index (χ0) is 21.0.